The standard InChI is InChI=1S/C10H16N2O2.C10H18N2O2.CH4/c13-9-1-4-11-10(14)7-12-5-2-8(9)3-6-12;13-10-2-1-5-11-14-8-12-6-3-9(10)4-7-12;/h8H,1-7H2,(H,11,14);9,11H,1-8H2;1H4. The predicted molar refractivity (Wildman–Crippen MR) is 111 cm³/mol. The van der Waals surface area contributed by atoms with Crippen LogP contribution in [0.4, 0.5) is 0 Å². The molecule has 4 bridgehead atoms. The summed E-state index contributed by atoms with van der Waals surface area (Å²) in [4.78, 5) is 44.3. The molecule has 0 spiro atoms. The summed E-state index contributed by atoms with van der Waals surface area (Å²) in [6.07, 6.45) is 6.02. The zero-order valence-corrected chi connectivity index (χ0v) is 16.8. The lowest BCUT2D eigenvalue weighted by Crippen LogP contribution is -2.45. The number of amides is 1. The van der Waals surface area contributed by atoms with Crippen LogP contribution in [0.5, 0.6) is 0 Å². The fraction of sp³-hybridized carbons (Fsp3) is 0.857. The Hall–Kier alpha value is -1.35. The predicted octanol–water partition coefficient (Wildman–Crippen LogP) is 0.964. The molecule has 6 saturated heterocycles. The van der Waals surface area contributed by atoms with Crippen molar-refractivity contribution >= 4 is 17.5 Å². The highest BCUT2D eigenvalue weighted by atomic mass is 16.7. The van der Waals surface area contributed by atoms with Crippen molar-refractivity contribution in [3.63, 3.8) is 0 Å². The summed E-state index contributed by atoms with van der Waals surface area (Å²) in [5, 5.41) is 2.77. The molecule has 0 saturated carbocycles. The Morgan fingerprint density at radius 2 is 1.38 bits per heavy atom. The van der Waals surface area contributed by atoms with Gasteiger partial charge in [0.25, 0.3) is 0 Å². The lowest BCUT2D eigenvalue weighted by atomic mass is 9.90. The van der Waals surface area contributed by atoms with Gasteiger partial charge in [-0.2, -0.15) is 0 Å². The second kappa shape index (κ2) is 12.4. The van der Waals surface area contributed by atoms with Crippen LogP contribution in [0.2, 0.25) is 0 Å². The molecule has 166 valence electrons. The largest absolute Gasteiger partial charge is 0.355 e. The highest BCUT2D eigenvalue weighted by molar-refractivity contribution is 5.83. The van der Waals surface area contributed by atoms with Crippen LogP contribution in [0.15, 0.2) is 0 Å². The number of carbonyl (C=O) groups excluding carboxylic acids is 3. The van der Waals surface area contributed by atoms with Gasteiger partial charge in [0.15, 0.2) is 0 Å². The molecule has 6 rings (SSSR count). The number of ketones is 2. The first-order valence-electron chi connectivity index (χ1n) is 10.7. The number of rotatable bonds is 0. The SMILES string of the molecule is C.O=C1CCCNOCN2CCC1CC2.O=C1CN2CCC(CC2)C(=O)CCN1. The normalized spacial score (nSPS) is 33.4. The summed E-state index contributed by atoms with van der Waals surface area (Å²) in [7, 11) is 0. The van der Waals surface area contributed by atoms with E-state index in [0.717, 1.165) is 64.8 Å². The summed E-state index contributed by atoms with van der Waals surface area (Å²) < 4.78 is 0. The van der Waals surface area contributed by atoms with Crippen molar-refractivity contribution in [3.05, 3.63) is 0 Å². The van der Waals surface area contributed by atoms with Gasteiger partial charge in [0.1, 0.15) is 18.3 Å². The average Bonchev–Trinajstić information content (AvgIpc) is 2.77. The number of hydrogen-bond donors (Lipinski definition) is 2. The van der Waals surface area contributed by atoms with Crippen LogP contribution in [0.1, 0.15) is 52.4 Å². The van der Waals surface area contributed by atoms with E-state index in [1.54, 1.807) is 0 Å². The van der Waals surface area contributed by atoms with Gasteiger partial charge < -0.3 is 5.32 Å². The van der Waals surface area contributed by atoms with Gasteiger partial charge in [0.2, 0.25) is 5.91 Å². The van der Waals surface area contributed by atoms with Gasteiger partial charge in [0.05, 0.1) is 6.54 Å². The van der Waals surface area contributed by atoms with E-state index in [1.165, 1.54) is 0 Å². The van der Waals surface area contributed by atoms with Crippen molar-refractivity contribution in [2.45, 2.75) is 52.4 Å². The fourth-order valence-electron chi connectivity index (χ4n) is 4.33. The maximum atomic E-state index is 11.7. The van der Waals surface area contributed by atoms with Gasteiger partial charge in [-0.05, 0) is 45.2 Å². The minimum atomic E-state index is 0. The third-order valence-corrected chi connectivity index (χ3v) is 6.20. The molecule has 8 nitrogen and oxygen atoms in total. The van der Waals surface area contributed by atoms with Crippen molar-refractivity contribution in [2.24, 2.45) is 11.8 Å². The van der Waals surface area contributed by atoms with Crippen LogP contribution in [0.3, 0.4) is 0 Å². The van der Waals surface area contributed by atoms with E-state index in [2.05, 4.69) is 20.6 Å². The Bertz CT molecular complexity index is 541. The molecule has 0 aliphatic carbocycles. The van der Waals surface area contributed by atoms with Crippen molar-refractivity contribution in [2.75, 3.05) is 52.5 Å². The zero-order chi connectivity index (χ0) is 19.8. The van der Waals surface area contributed by atoms with Crippen LogP contribution in [-0.2, 0) is 19.2 Å². The summed E-state index contributed by atoms with van der Waals surface area (Å²) in [6, 6.07) is 0. The molecule has 6 heterocycles. The van der Waals surface area contributed by atoms with E-state index in [9.17, 15) is 14.4 Å². The van der Waals surface area contributed by atoms with Gasteiger partial charge in [-0.3, -0.25) is 29.0 Å². The molecular weight excluding hydrogens is 372 g/mol. The molecule has 8 heteroatoms. The van der Waals surface area contributed by atoms with Crippen LogP contribution in [0, 0.1) is 11.8 Å². The third kappa shape index (κ3) is 7.77. The average molecular weight is 411 g/mol. The molecule has 1 amide bonds. The Morgan fingerprint density at radius 3 is 2.03 bits per heavy atom. The molecule has 0 aromatic rings. The number of fused-ring (bicyclic) bond motifs is 15. The van der Waals surface area contributed by atoms with E-state index in [-0.39, 0.29) is 19.3 Å². The van der Waals surface area contributed by atoms with Crippen LogP contribution in [0.25, 0.3) is 0 Å². The second-order valence-electron chi connectivity index (χ2n) is 8.25. The summed E-state index contributed by atoms with van der Waals surface area (Å²) >= 11 is 0. The fourth-order valence-corrected chi connectivity index (χ4v) is 4.33. The molecule has 0 atom stereocenters. The summed E-state index contributed by atoms with van der Waals surface area (Å²) in [5.74, 6) is 1.41. The van der Waals surface area contributed by atoms with Crippen LogP contribution in [-0.4, -0.2) is 79.8 Å². The first-order valence-corrected chi connectivity index (χ1v) is 10.7. The zero-order valence-electron chi connectivity index (χ0n) is 16.8. The van der Waals surface area contributed by atoms with Crippen molar-refractivity contribution in [3.8, 4) is 0 Å². The summed E-state index contributed by atoms with van der Waals surface area (Å²) in [5.41, 5.74) is 2.89. The lowest BCUT2D eigenvalue weighted by molar-refractivity contribution is -0.127. The van der Waals surface area contributed by atoms with Crippen molar-refractivity contribution in [1.82, 2.24) is 20.6 Å². The minimum Gasteiger partial charge on any atom is -0.355 e. The minimum absolute atomic E-state index is 0. The van der Waals surface area contributed by atoms with Crippen molar-refractivity contribution < 1.29 is 19.2 Å². The lowest BCUT2D eigenvalue weighted by Gasteiger charge is -2.31. The highest BCUT2D eigenvalue weighted by Crippen LogP contribution is 2.20. The molecule has 0 radical (unpaired) electrons. The molecule has 6 fully saturated rings. The van der Waals surface area contributed by atoms with E-state index >= 15 is 0 Å². The Kier molecular flexibility index (Phi) is 10.2. The first-order chi connectivity index (χ1) is 13.6. The Morgan fingerprint density at radius 1 is 0.793 bits per heavy atom. The van der Waals surface area contributed by atoms with Gasteiger partial charge in [-0.1, -0.05) is 7.43 Å². The maximum absolute atomic E-state index is 11.7. The number of Topliss-reactive ketones (excluding diaryl/α,β-unsaturated/α-hetero) is 2. The monoisotopic (exact) mass is 410 g/mol. The van der Waals surface area contributed by atoms with Crippen LogP contribution >= 0.6 is 0 Å². The van der Waals surface area contributed by atoms with Crippen molar-refractivity contribution in [1.29, 1.82) is 0 Å². The van der Waals surface area contributed by atoms with Gasteiger partial charge in [-0.25, -0.2) is 5.48 Å². The number of nitrogens with zero attached hydrogens (tertiary/aromatic N) is 2. The van der Waals surface area contributed by atoms with Gasteiger partial charge >= 0.3 is 0 Å². The number of hydroxylamine groups is 1. The molecule has 2 N–H and O–H groups in total. The molecule has 0 aromatic carbocycles. The molecule has 6 aliphatic rings. The molecular formula is C21H38N4O4. The first kappa shape index (κ1) is 23.9. The smallest absolute Gasteiger partial charge is 0.234 e. The molecule has 0 unspecified atom stereocenters. The molecule has 6 aliphatic heterocycles. The van der Waals surface area contributed by atoms with Crippen LogP contribution < -0.4 is 10.8 Å². The maximum Gasteiger partial charge on any atom is 0.234 e. The van der Waals surface area contributed by atoms with E-state index in [1.807, 2.05) is 0 Å². The molecule has 29 heavy (non-hydrogen) atoms. The summed E-state index contributed by atoms with van der Waals surface area (Å²) in [6.45, 7) is 6.24. The number of nitrogens with one attached hydrogen (secondary N) is 2. The number of hydrogen-bond acceptors (Lipinski definition) is 7. The Balaban J connectivity index is 0.000000200. The number of piperidine rings is 2. The van der Waals surface area contributed by atoms with Gasteiger partial charge in [-0.15, -0.1) is 0 Å². The molecule has 0 aromatic heterocycles. The van der Waals surface area contributed by atoms with E-state index < -0.39 is 0 Å². The van der Waals surface area contributed by atoms with Gasteiger partial charge in [0, 0.05) is 50.9 Å². The Labute approximate surface area is 174 Å². The number of carbonyl (C=O) groups is 3. The second-order valence-corrected chi connectivity index (χ2v) is 8.25. The highest BCUT2D eigenvalue weighted by Gasteiger charge is 2.27. The van der Waals surface area contributed by atoms with E-state index in [4.69, 9.17) is 4.84 Å². The quantitative estimate of drug-likeness (QED) is 0.615. The topological polar surface area (TPSA) is 91.0 Å². The van der Waals surface area contributed by atoms with E-state index in [0.29, 0.717) is 50.1 Å². The third-order valence-electron chi connectivity index (χ3n) is 6.20.